The van der Waals surface area contributed by atoms with Gasteiger partial charge in [0.2, 0.25) is 10.0 Å². The third-order valence-electron chi connectivity index (χ3n) is 3.70. The number of halogens is 1. The van der Waals surface area contributed by atoms with E-state index in [0.717, 1.165) is 12.8 Å². The molecule has 1 saturated heterocycles. The number of hydrogen-bond acceptors (Lipinski definition) is 4. The van der Waals surface area contributed by atoms with Gasteiger partial charge in [0.25, 0.3) is 5.91 Å². The molecule has 2 aliphatic rings. The number of ether oxygens (including phenoxy) is 1. The Morgan fingerprint density at radius 1 is 1.27 bits per heavy atom. The Kier molecular flexibility index (Phi) is 4.40. The molecule has 0 unspecified atom stereocenters. The Labute approximate surface area is 134 Å². The van der Waals surface area contributed by atoms with E-state index >= 15 is 0 Å². The Hall–Kier alpha value is -1.15. The lowest BCUT2D eigenvalue weighted by Gasteiger charge is -2.26. The molecule has 6 nitrogen and oxygen atoms in total. The number of carbonyl (C=O) groups excluding carboxylic acids is 1. The molecule has 1 aliphatic heterocycles. The van der Waals surface area contributed by atoms with E-state index in [1.54, 1.807) is 0 Å². The summed E-state index contributed by atoms with van der Waals surface area (Å²) in [5.41, 5.74) is 0.197. The maximum absolute atomic E-state index is 12.6. The van der Waals surface area contributed by atoms with Crippen LogP contribution < -0.4 is 5.32 Å². The highest BCUT2D eigenvalue weighted by molar-refractivity contribution is 7.89. The summed E-state index contributed by atoms with van der Waals surface area (Å²) < 4.78 is 31.7. The van der Waals surface area contributed by atoms with Crippen LogP contribution in [0.4, 0.5) is 0 Å². The Morgan fingerprint density at radius 2 is 1.95 bits per heavy atom. The molecule has 120 valence electrons. The van der Waals surface area contributed by atoms with Gasteiger partial charge in [-0.1, -0.05) is 11.6 Å². The second-order valence-electron chi connectivity index (χ2n) is 5.41. The molecule has 1 aromatic carbocycles. The number of nitrogens with one attached hydrogen (secondary N) is 1. The van der Waals surface area contributed by atoms with Gasteiger partial charge in [-0.05, 0) is 31.0 Å². The van der Waals surface area contributed by atoms with Crippen LogP contribution in [0.3, 0.4) is 0 Å². The van der Waals surface area contributed by atoms with Crippen LogP contribution >= 0.6 is 11.6 Å². The molecule has 22 heavy (non-hydrogen) atoms. The zero-order valence-corrected chi connectivity index (χ0v) is 13.5. The van der Waals surface area contributed by atoms with Crippen molar-refractivity contribution >= 4 is 27.5 Å². The van der Waals surface area contributed by atoms with E-state index in [2.05, 4.69) is 5.32 Å². The van der Waals surface area contributed by atoms with E-state index < -0.39 is 10.0 Å². The molecule has 3 rings (SSSR count). The fraction of sp³-hybridized carbons (Fsp3) is 0.500. The third-order valence-corrected chi connectivity index (χ3v) is 5.93. The number of benzene rings is 1. The highest BCUT2D eigenvalue weighted by atomic mass is 35.5. The van der Waals surface area contributed by atoms with Crippen LogP contribution in [0.1, 0.15) is 23.2 Å². The predicted molar refractivity (Wildman–Crippen MR) is 81.5 cm³/mol. The average molecular weight is 345 g/mol. The first-order valence-electron chi connectivity index (χ1n) is 7.17. The lowest BCUT2D eigenvalue weighted by atomic mass is 10.2. The van der Waals surface area contributed by atoms with Crippen LogP contribution in [0.5, 0.6) is 0 Å². The number of sulfonamides is 1. The van der Waals surface area contributed by atoms with Crippen LogP contribution in [0, 0.1) is 0 Å². The van der Waals surface area contributed by atoms with Crippen molar-refractivity contribution in [3.8, 4) is 0 Å². The van der Waals surface area contributed by atoms with Gasteiger partial charge in [0.05, 0.1) is 28.7 Å². The van der Waals surface area contributed by atoms with Gasteiger partial charge in [0.15, 0.2) is 0 Å². The summed E-state index contributed by atoms with van der Waals surface area (Å²) >= 11 is 6.04. The lowest BCUT2D eigenvalue weighted by Crippen LogP contribution is -2.40. The molecule has 0 bridgehead atoms. The molecule has 1 aliphatic carbocycles. The summed E-state index contributed by atoms with van der Waals surface area (Å²) in [6.07, 6.45) is 1.91. The molecule has 0 spiro atoms. The van der Waals surface area contributed by atoms with E-state index in [-0.39, 0.29) is 27.4 Å². The van der Waals surface area contributed by atoms with Gasteiger partial charge < -0.3 is 10.1 Å². The molecule has 1 amide bonds. The summed E-state index contributed by atoms with van der Waals surface area (Å²) in [6.45, 7) is 1.38. The minimum atomic E-state index is -3.63. The van der Waals surface area contributed by atoms with Gasteiger partial charge in [-0.2, -0.15) is 4.31 Å². The molecular formula is C14H17ClN2O4S. The van der Waals surface area contributed by atoms with Crippen molar-refractivity contribution in [2.24, 2.45) is 0 Å². The molecule has 2 fully saturated rings. The summed E-state index contributed by atoms with van der Waals surface area (Å²) in [5, 5.41) is 3.07. The SMILES string of the molecule is O=C(NC1CC1)c1cc(S(=O)(=O)N2CCOCC2)ccc1Cl. The van der Waals surface area contributed by atoms with E-state index in [1.165, 1.54) is 22.5 Å². The molecule has 1 heterocycles. The van der Waals surface area contributed by atoms with Gasteiger partial charge in [-0.25, -0.2) is 8.42 Å². The fourth-order valence-corrected chi connectivity index (χ4v) is 3.90. The van der Waals surface area contributed by atoms with Crippen LogP contribution in [0.2, 0.25) is 5.02 Å². The molecule has 1 aromatic rings. The number of rotatable bonds is 4. The van der Waals surface area contributed by atoms with E-state index in [9.17, 15) is 13.2 Å². The zero-order valence-electron chi connectivity index (χ0n) is 11.9. The van der Waals surface area contributed by atoms with Gasteiger partial charge in [0.1, 0.15) is 0 Å². The molecule has 0 aromatic heterocycles. The molecule has 0 radical (unpaired) electrons. The van der Waals surface area contributed by atoms with E-state index in [4.69, 9.17) is 16.3 Å². The number of hydrogen-bond donors (Lipinski definition) is 1. The van der Waals surface area contributed by atoms with Crippen molar-refractivity contribution in [2.45, 2.75) is 23.8 Å². The minimum absolute atomic E-state index is 0.0831. The quantitative estimate of drug-likeness (QED) is 0.892. The van der Waals surface area contributed by atoms with Gasteiger partial charge in [-0.15, -0.1) is 0 Å². The van der Waals surface area contributed by atoms with Gasteiger partial charge in [0, 0.05) is 19.1 Å². The minimum Gasteiger partial charge on any atom is -0.379 e. The monoisotopic (exact) mass is 344 g/mol. The van der Waals surface area contributed by atoms with Crippen LogP contribution in [0.15, 0.2) is 23.1 Å². The first-order chi connectivity index (χ1) is 10.5. The fourth-order valence-electron chi connectivity index (χ4n) is 2.27. The van der Waals surface area contributed by atoms with Gasteiger partial charge >= 0.3 is 0 Å². The molecule has 1 saturated carbocycles. The Balaban J connectivity index is 1.88. The van der Waals surface area contributed by atoms with Crippen molar-refractivity contribution in [3.63, 3.8) is 0 Å². The van der Waals surface area contributed by atoms with Crippen molar-refractivity contribution in [1.29, 1.82) is 0 Å². The van der Waals surface area contributed by atoms with Crippen molar-refractivity contribution in [3.05, 3.63) is 28.8 Å². The predicted octanol–water partition coefficient (Wildman–Crippen LogP) is 1.25. The molecule has 8 heteroatoms. The van der Waals surface area contributed by atoms with E-state index in [0.29, 0.717) is 26.3 Å². The standard InChI is InChI=1S/C14H17ClN2O4S/c15-13-4-3-11(9-12(13)14(18)16-10-1-2-10)22(19,20)17-5-7-21-8-6-17/h3-4,9-10H,1-2,5-8H2,(H,16,18). The zero-order chi connectivity index (χ0) is 15.7. The van der Waals surface area contributed by atoms with E-state index in [1.807, 2.05) is 0 Å². The van der Waals surface area contributed by atoms with Crippen LogP contribution in [-0.2, 0) is 14.8 Å². The first kappa shape index (κ1) is 15.7. The highest BCUT2D eigenvalue weighted by Gasteiger charge is 2.29. The second-order valence-corrected chi connectivity index (χ2v) is 7.75. The van der Waals surface area contributed by atoms with Gasteiger partial charge in [-0.3, -0.25) is 4.79 Å². The summed E-state index contributed by atoms with van der Waals surface area (Å²) in [4.78, 5) is 12.2. The van der Waals surface area contributed by atoms with Crippen LogP contribution in [0.25, 0.3) is 0 Å². The lowest BCUT2D eigenvalue weighted by molar-refractivity contribution is 0.0730. The largest absolute Gasteiger partial charge is 0.379 e. The smallest absolute Gasteiger partial charge is 0.253 e. The highest BCUT2D eigenvalue weighted by Crippen LogP contribution is 2.25. The first-order valence-corrected chi connectivity index (χ1v) is 8.98. The summed E-state index contributed by atoms with van der Waals surface area (Å²) in [5.74, 6) is -0.327. The number of amides is 1. The Bertz CT molecular complexity index is 682. The summed E-state index contributed by atoms with van der Waals surface area (Å²) in [7, 11) is -3.63. The Morgan fingerprint density at radius 3 is 2.59 bits per heavy atom. The van der Waals surface area contributed by atoms with Crippen molar-refractivity contribution in [1.82, 2.24) is 9.62 Å². The van der Waals surface area contributed by atoms with Crippen molar-refractivity contribution < 1.29 is 17.9 Å². The summed E-state index contributed by atoms with van der Waals surface area (Å²) in [6, 6.07) is 4.42. The van der Waals surface area contributed by atoms with Crippen molar-refractivity contribution in [2.75, 3.05) is 26.3 Å². The molecule has 0 atom stereocenters. The maximum Gasteiger partial charge on any atom is 0.253 e. The normalized spacial score (nSPS) is 19.9. The number of nitrogens with zero attached hydrogens (tertiary/aromatic N) is 1. The molecular weight excluding hydrogens is 328 g/mol. The second kappa shape index (κ2) is 6.16. The third kappa shape index (κ3) is 3.27. The molecule has 1 N–H and O–H groups in total. The number of morpholine rings is 1. The average Bonchev–Trinajstić information content (AvgIpc) is 3.32. The number of carbonyl (C=O) groups is 1. The topological polar surface area (TPSA) is 75.7 Å². The van der Waals surface area contributed by atoms with Crippen LogP contribution in [-0.4, -0.2) is 51.0 Å². The maximum atomic E-state index is 12.6.